The van der Waals surface area contributed by atoms with E-state index in [1.165, 1.54) is 31.6 Å². The van der Waals surface area contributed by atoms with E-state index in [-0.39, 0.29) is 277 Å². The van der Waals surface area contributed by atoms with Gasteiger partial charge in [0.2, 0.25) is 6.29 Å². The second-order valence-corrected chi connectivity index (χ2v) is 35.7. The molecule has 20 atom stereocenters. The third-order valence-electron chi connectivity index (χ3n) is 25.2. The van der Waals surface area contributed by atoms with Gasteiger partial charge in [0, 0.05) is 259 Å². The number of aliphatic hydroxyl groups excluding tert-OH is 2. The molecular weight excluding hydrogens is 2960 g/mol. The number of Topliss-reactive ketones (excluding diaryl/α,β-unsaturated/α-hetero) is 1. The fraction of sp³-hybridized carbons (Fsp3) is 0.444. The predicted molar refractivity (Wildman–Crippen MR) is 544 cm³/mol. The number of ketones is 1. The zero-order valence-electron chi connectivity index (χ0n) is 100. The van der Waals surface area contributed by atoms with Crippen LogP contribution in [0.4, 0.5) is 0 Å². The Hall–Kier alpha value is -2.60. The summed E-state index contributed by atoms with van der Waals surface area (Å²) in [6, 6.07) is 67.4. The number of thiocarbonyl (C=S) groups is 2. The molecule has 3 aliphatic carbocycles. The van der Waals surface area contributed by atoms with E-state index in [0.29, 0.717) is 88.1 Å². The van der Waals surface area contributed by atoms with Crippen LogP contribution in [-0.4, -0.2) is 147 Å². The summed E-state index contributed by atoms with van der Waals surface area (Å²) in [7, 11) is 0. The van der Waals surface area contributed by atoms with E-state index in [1.54, 1.807) is 26.7 Å². The van der Waals surface area contributed by atoms with Crippen LogP contribution in [0.1, 0.15) is 211 Å². The minimum absolute atomic E-state index is 0. The molecule has 7 aromatic carbocycles. The number of esters is 2. The Balaban J connectivity index is -0.000000178. The molecule has 3 radical (unpaired) electrons. The van der Waals surface area contributed by atoms with Crippen molar-refractivity contribution in [1.82, 2.24) is 0 Å². The number of hydrogen-bond donors (Lipinski definition) is 2. The van der Waals surface area contributed by atoms with Crippen molar-refractivity contribution in [3.63, 3.8) is 0 Å². The van der Waals surface area contributed by atoms with E-state index in [2.05, 4.69) is 74.7 Å². The first-order chi connectivity index (χ1) is 72.7. The van der Waals surface area contributed by atoms with E-state index in [4.69, 9.17) is 146 Å². The molecule has 9 fully saturated rings. The Morgan fingerprint density at radius 3 is 1.21 bits per heavy atom. The molecule has 6 bridgehead atoms. The van der Waals surface area contributed by atoms with Gasteiger partial charge in [0.1, 0.15) is 23.2 Å². The SMILES string of the molecule is C#CC[C@]1(CC)OC(OC(C)=O)[C@H](OC(C)=O)[C@@H]1OCc1ccccc1.C#CC[C@]1(CC)O[CH-][C@H](O)[C@@H]1OCc1ccccc1.C#CC[C@]1(CC)O[CH-][C@H](OC(=S)Oc2ccc(C)cc2)[C@@H]1OCc1ccccc1.C=C1C[C@]2(CC)O[CH-][C@H]1[C@@H]2OCc1ccccc1.CC(=S)Cl.CC[C@@]12CC(=O)[C@@H]([CH-]O1)[C@@H]2OCc1ccccc1.CC[C@@]12C[C@H](O)[C@@H]([CH-]O1)[C@@H]2OCc1ccccc1.[2HH].[2HH].[2HH].[2H][2H].[2H][2H].[2H][2H].[2H][2H].[2H][2H].[2H][2H].[2H][2H].[2H][2H].[2H][2H].[B].[H-].[Na+].[U].[U].[U].[U].[U]. The van der Waals surface area contributed by atoms with Crippen LogP contribution in [0.5, 0.6) is 5.75 Å². The summed E-state index contributed by atoms with van der Waals surface area (Å²) in [6.07, 6.45) is 19.2. The van der Waals surface area contributed by atoms with Crippen molar-refractivity contribution < 1.29 is 318 Å². The maximum atomic E-state index is 11.8. The van der Waals surface area contributed by atoms with E-state index in [1.807, 2.05) is 223 Å². The first-order valence-electron chi connectivity index (χ1n) is 54.2. The van der Waals surface area contributed by atoms with Crippen molar-refractivity contribution in [3.8, 4) is 42.8 Å². The molecule has 6 heterocycles. The van der Waals surface area contributed by atoms with Crippen LogP contribution in [0.25, 0.3) is 0 Å². The summed E-state index contributed by atoms with van der Waals surface area (Å²) in [5.41, 5.74) is 5.91. The number of fused-ring (bicyclic) bond motifs is 6. The van der Waals surface area contributed by atoms with Crippen LogP contribution in [-0.2, 0) is 125 Å². The molecule has 0 aromatic heterocycles. The summed E-state index contributed by atoms with van der Waals surface area (Å²) in [4.78, 5) is 34.9. The van der Waals surface area contributed by atoms with Crippen LogP contribution in [0, 0.1) is 250 Å². The first kappa shape index (κ1) is 115. The van der Waals surface area contributed by atoms with E-state index >= 15 is 0 Å². The van der Waals surface area contributed by atoms with Crippen molar-refractivity contribution in [2.45, 2.75) is 287 Å². The summed E-state index contributed by atoms with van der Waals surface area (Å²) >= 11 is 14.6. The van der Waals surface area contributed by atoms with Gasteiger partial charge in [-0.15, -0.1) is 43.6 Å². The molecular formula is C108H151BClNaO21S2U5-5. The summed E-state index contributed by atoms with van der Waals surface area (Å²) < 4.78 is 184. The molecule has 3 saturated carbocycles. The molecule has 139 heavy (non-hydrogen) atoms. The quantitative estimate of drug-likeness (QED) is 0.00781. The van der Waals surface area contributed by atoms with Gasteiger partial charge in [-0.05, 0) is 117 Å². The second kappa shape index (κ2) is 65.4. The Morgan fingerprint density at radius 2 is 0.827 bits per heavy atom. The Morgan fingerprint density at radius 1 is 0.475 bits per heavy atom. The largest absolute Gasteiger partial charge is 1.00 e. The predicted octanol–water partition coefficient (Wildman–Crippen LogP) is 19.4. The molecule has 1 unspecified atom stereocenters. The number of ether oxygens (including phenoxy) is 16. The molecule has 6 saturated heterocycles. The van der Waals surface area contributed by atoms with Crippen LogP contribution >= 0.6 is 36.0 Å². The number of aliphatic hydroxyl groups is 2. The topological polar surface area (TPSA) is 239 Å². The number of terminal acetylenes is 3. The molecule has 757 valence electrons. The smallest absolute Gasteiger partial charge is 1.00 e. The zero-order chi connectivity index (χ0) is 113. The van der Waals surface area contributed by atoms with E-state index in [0.717, 1.165) is 59.1 Å². The Bertz CT molecular complexity index is 4940. The fourth-order valence-corrected chi connectivity index (χ4v) is 18.1. The number of aryl methyl sites for hydroxylation is 1. The number of rotatable bonds is 31. The number of benzene rings is 7. The summed E-state index contributed by atoms with van der Waals surface area (Å²) in [6.45, 7) is 33.9. The molecule has 21 nitrogen and oxygen atoms in total. The Labute approximate surface area is 1020 Å². The number of carbonyl (C=O) groups is 3. The molecule has 0 spiro atoms. The van der Waals surface area contributed by atoms with Gasteiger partial charge in [0.05, 0.1) is 102 Å². The van der Waals surface area contributed by atoms with Crippen molar-refractivity contribution in [2.75, 3.05) is 0 Å². The maximum Gasteiger partial charge on any atom is 1.00 e. The molecule has 2 N–H and O–H groups in total. The van der Waals surface area contributed by atoms with Gasteiger partial charge in [-0.1, -0.05) is 288 Å². The zero-order valence-corrected chi connectivity index (χ0v) is 106. The average Bonchev–Trinajstić information content (AvgIpc) is 1.59. The van der Waals surface area contributed by atoms with E-state index in [9.17, 15) is 24.6 Å². The van der Waals surface area contributed by atoms with Gasteiger partial charge in [-0.3, -0.25) is 9.59 Å². The minimum atomic E-state index is -1.06. The van der Waals surface area contributed by atoms with Gasteiger partial charge in [-0.25, -0.2) is 13.2 Å². The molecule has 6 aliphatic heterocycles. The number of carbonyl (C=O) groups excluding carboxylic acids is 3. The van der Waals surface area contributed by atoms with Crippen LogP contribution < -0.4 is 34.3 Å². The average molecular weight is 3130 g/mol. The van der Waals surface area contributed by atoms with Gasteiger partial charge >= 0.3 is 46.7 Å². The Kier molecular flexibility index (Phi) is 54.1. The number of halogens is 1. The maximum absolute atomic E-state index is 11.8. The first-order valence-corrected chi connectivity index (χ1v) is 46.4. The molecule has 31 heteroatoms. The van der Waals surface area contributed by atoms with Gasteiger partial charge in [0.15, 0.2) is 6.10 Å². The normalized spacial score (nSPS) is 28.6. The monoisotopic (exact) mass is 3130 g/mol. The van der Waals surface area contributed by atoms with Crippen LogP contribution in [0.3, 0.4) is 0 Å². The number of hydrogen-bond acceptors (Lipinski definition) is 23. The standard InChI is InChI=1S/C24H25O4S.C20H24O6.C16H19O3.C16H19O2.C15H19O3.C15H17O3.C2H3ClS.B.Na.5U.12H2.H/c1-4-15-24(5-2)22(25-16-19-9-7-6-8-10-19)21(17-26-24)28-23(29)27-20-13-11-18(3)12-14-20;1-5-12-20(6-2)18(23-13-16-10-8-7-9-11-16)17(24-14(3)21)19(26-20)25-15(4)22;1-3-10-16(4-2)15(14(17)12-19-16)18-11-13-8-6-5-7-9-13;1-3-16-9-12(2)14(11-18-16)15(16)17-10-13-7-5-4-6-8-13;2*1-2-15-8-13(16)12(10-18-15)14(15)17-9-11-6-4-3-5-7-11;1-2(3)4;;;;;;;;;;;;;;;;;;;;/h1,6-14,17,21-22H,5,15-16H2,2-3H3;1,7-11,17-19H,6,12-13H2,2-4H3;1,5-9,12,14-15,17H,4,10-11H2,2H3;4-8,11,14-15H,2-3,9-10H2,1H3;3-7,10,12-14,16H,2,8-9H2,1H3;3-7,10,12,14H,2,8-9H2,1H3;1H3;;;;;;;;12*1H;/q-1;;4*-1;;;+1;;;;;;;;;;;;;;;;;;-1/t21-,22-,24-;17-,18+,19?,20+;14-,15-,16-;14-,15+,16+;12-,13+,14+,15+;12-,14+,15+;;;;;;;;;;;;;;;;;;;;;/m010111...................../s1/i;;;;;;;;;;;;;;9*1+1D;3*1+1;. The van der Waals surface area contributed by atoms with Crippen LogP contribution in [0.15, 0.2) is 218 Å². The van der Waals surface area contributed by atoms with Crippen molar-refractivity contribution in [2.24, 2.45) is 17.8 Å². The van der Waals surface area contributed by atoms with Gasteiger partial charge in [0.25, 0.3) is 0 Å². The van der Waals surface area contributed by atoms with Gasteiger partial charge in [-0.2, -0.15) is 19.8 Å². The molecule has 16 rings (SSSR count). The molecule has 7 aromatic rings. The van der Waals surface area contributed by atoms with Gasteiger partial charge < -0.3 is 92.2 Å². The molecule has 9 aliphatic rings. The van der Waals surface area contributed by atoms with E-state index < -0.39 is 77.3 Å². The van der Waals surface area contributed by atoms with Crippen molar-refractivity contribution >= 4 is 71.7 Å². The third kappa shape index (κ3) is 36.4. The molecule has 0 amide bonds. The van der Waals surface area contributed by atoms with Crippen molar-refractivity contribution in [1.29, 1.82) is 0 Å². The second-order valence-electron chi connectivity index (χ2n) is 34.0. The van der Waals surface area contributed by atoms with Crippen molar-refractivity contribution in [3.05, 3.63) is 290 Å². The summed E-state index contributed by atoms with van der Waals surface area (Å²) in [5, 5.41) is 20.0. The fourth-order valence-electron chi connectivity index (χ4n) is 17.8. The van der Waals surface area contributed by atoms with Crippen LogP contribution in [0.2, 0.25) is 0 Å². The summed E-state index contributed by atoms with van der Waals surface area (Å²) in [5.74, 6) is 7.84. The third-order valence-corrected chi connectivity index (χ3v) is 25.4. The minimum Gasteiger partial charge on any atom is -1.00 e.